The van der Waals surface area contributed by atoms with Gasteiger partial charge in [-0.25, -0.2) is 4.79 Å². The smallest absolute Gasteiger partial charge is 0.339 e. The Hall–Kier alpha value is -2.66. The van der Waals surface area contributed by atoms with Gasteiger partial charge in [0.15, 0.2) is 0 Å². The molecule has 0 saturated carbocycles. The lowest BCUT2D eigenvalue weighted by atomic mass is 9.96. The van der Waals surface area contributed by atoms with Crippen LogP contribution in [0.1, 0.15) is 11.1 Å². The summed E-state index contributed by atoms with van der Waals surface area (Å²) >= 11 is 5.20. The molecule has 1 aromatic heterocycles. The van der Waals surface area contributed by atoms with Crippen LogP contribution in [0.4, 0.5) is 0 Å². The first-order chi connectivity index (χ1) is 11.9. The first kappa shape index (κ1) is 17.2. The molecule has 1 heterocycles. The van der Waals surface area contributed by atoms with Crippen molar-refractivity contribution >= 4 is 28.4 Å². The van der Waals surface area contributed by atoms with E-state index in [1.54, 1.807) is 11.8 Å². The second-order valence-electron chi connectivity index (χ2n) is 6.08. The van der Waals surface area contributed by atoms with Gasteiger partial charge in [-0.15, -0.1) is 0 Å². The van der Waals surface area contributed by atoms with Crippen molar-refractivity contribution in [3.63, 3.8) is 0 Å². The molecule has 0 unspecified atom stereocenters. The number of nitrogens with zero attached hydrogens (tertiary/aromatic N) is 1. The molecule has 5 heteroatoms. The molecule has 4 nitrogen and oxygen atoms in total. The van der Waals surface area contributed by atoms with E-state index in [0.717, 1.165) is 22.1 Å². The zero-order valence-corrected chi connectivity index (χ0v) is 15.4. The maximum atomic E-state index is 12.4. The van der Waals surface area contributed by atoms with Crippen LogP contribution in [0.5, 0.6) is 5.75 Å². The Bertz CT molecular complexity index is 1010. The molecule has 0 saturated heterocycles. The van der Waals surface area contributed by atoms with E-state index in [4.69, 9.17) is 21.4 Å². The summed E-state index contributed by atoms with van der Waals surface area (Å²) in [6.45, 7) is 3.65. The van der Waals surface area contributed by atoms with Crippen molar-refractivity contribution in [1.29, 1.82) is 0 Å². The summed E-state index contributed by atoms with van der Waals surface area (Å²) in [5.74, 6) is 0.581. The number of benzene rings is 2. The van der Waals surface area contributed by atoms with E-state index in [-0.39, 0.29) is 5.63 Å². The SMILES string of the molecule is Cc1c(-c2ccccc2)c2ccc(OC(=S)N(C)C)c(C)c2oc1=O. The number of thiocarbonyl (C=S) groups is 1. The highest BCUT2D eigenvalue weighted by Crippen LogP contribution is 2.34. The van der Waals surface area contributed by atoms with E-state index in [1.165, 1.54) is 0 Å². The van der Waals surface area contributed by atoms with Gasteiger partial charge in [-0.3, -0.25) is 0 Å². The molecule has 0 atom stereocenters. The third kappa shape index (κ3) is 3.15. The molecule has 0 bridgehead atoms. The van der Waals surface area contributed by atoms with Crippen molar-refractivity contribution in [2.45, 2.75) is 13.8 Å². The van der Waals surface area contributed by atoms with E-state index < -0.39 is 0 Å². The van der Waals surface area contributed by atoms with Crippen LogP contribution in [0.25, 0.3) is 22.1 Å². The fourth-order valence-corrected chi connectivity index (χ4v) is 2.84. The van der Waals surface area contributed by atoms with Crippen molar-refractivity contribution in [2.24, 2.45) is 0 Å². The average Bonchev–Trinajstić information content (AvgIpc) is 2.60. The second-order valence-corrected chi connectivity index (χ2v) is 6.43. The quantitative estimate of drug-likeness (QED) is 0.507. The monoisotopic (exact) mass is 353 g/mol. The van der Waals surface area contributed by atoms with Gasteiger partial charge in [-0.1, -0.05) is 30.3 Å². The summed E-state index contributed by atoms with van der Waals surface area (Å²) in [4.78, 5) is 14.1. The van der Waals surface area contributed by atoms with Gasteiger partial charge in [0.1, 0.15) is 11.3 Å². The van der Waals surface area contributed by atoms with E-state index in [1.807, 2.05) is 63.5 Å². The molecule has 128 valence electrons. The minimum Gasteiger partial charge on any atom is -0.431 e. The van der Waals surface area contributed by atoms with Crippen LogP contribution in [0, 0.1) is 13.8 Å². The van der Waals surface area contributed by atoms with Crippen molar-refractivity contribution in [3.05, 3.63) is 64.0 Å². The van der Waals surface area contributed by atoms with E-state index in [9.17, 15) is 4.79 Å². The van der Waals surface area contributed by atoms with Crippen molar-refractivity contribution in [1.82, 2.24) is 4.90 Å². The van der Waals surface area contributed by atoms with Gasteiger partial charge < -0.3 is 14.1 Å². The summed E-state index contributed by atoms with van der Waals surface area (Å²) in [6.07, 6.45) is 0. The number of hydrogen-bond donors (Lipinski definition) is 0. The van der Waals surface area contributed by atoms with Gasteiger partial charge in [0.2, 0.25) is 0 Å². The van der Waals surface area contributed by atoms with E-state index in [2.05, 4.69) is 0 Å². The zero-order valence-electron chi connectivity index (χ0n) is 14.6. The number of ether oxygens (including phenoxy) is 1. The molecule has 0 aliphatic heterocycles. The maximum absolute atomic E-state index is 12.4. The van der Waals surface area contributed by atoms with Gasteiger partial charge in [0.25, 0.3) is 5.17 Å². The lowest BCUT2D eigenvalue weighted by Gasteiger charge is -2.17. The molecule has 0 aliphatic carbocycles. The van der Waals surface area contributed by atoms with Gasteiger partial charge in [-0.05, 0) is 43.8 Å². The fraction of sp³-hybridized carbons (Fsp3) is 0.200. The predicted molar refractivity (Wildman–Crippen MR) is 104 cm³/mol. The second kappa shape index (κ2) is 6.69. The molecule has 25 heavy (non-hydrogen) atoms. The van der Waals surface area contributed by atoms with Crippen LogP contribution in [-0.2, 0) is 0 Å². The number of fused-ring (bicyclic) bond motifs is 1. The van der Waals surface area contributed by atoms with Crippen molar-refractivity contribution in [3.8, 4) is 16.9 Å². The lowest BCUT2D eigenvalue weighted by Crippen LogP contribution is -2.25. The zero-order chi connectivity index (χ0) is 18.1. The summed E-state index contributed by atoms with van der Waals surface area (Å²) in [6, 6.07) is 13.6. The Balaban J connectivity index is 2.26. The molecule has 2 aromatic carbocycles. The molecular weight excluding hydrogens is 334 g/mol. The van der Waals surface area contributed by atoms with Crippen LogP contribution < -0.4 is 10.4 Å². The highest BCUT2D eigenvalue weighted by Gasteiger charge is 2.17. The van der Waals surface area contributed by atoms with Crippen LogP contribution in [-0.4, -0.2) is 24.2 Å². The Morgan fingerprint density at radius 1 is 1.04 bits per heavy atom. The fourth-order valence-electron chi connectivity index (χ4n) is 2.75. The largest absolute Gasteiger partial charge is 0.431 e. The van der Waals surface area contributed by atoms with Crippen LogP contribution in [0.15, 0.2) is 51.7 Å². The third-order valence-corrected chi connectivity index (χ3v) is 4.57. The molecule has 0 aliphatic rings. The summed E-state index contributed by atoms with van der Waals surface area (Å²) in [7, 11) is 3.63. The molecule has 0 fully saturated rings. The molecule has 0 radical (unpaired) electrons. The van der Waals surface area contributed by atoms with Gasteiger partial charge in [-0.2, -0.15) is 0 Å². The molecule has 0 spiro atoms. The Morgan fingerprint density at radius 2 is 1.72 bits per heavy atom. The normalized spacial score (nSPS) is 10.7. The summed E-state index contributed by atoms with van der Waals surface area (Å²) < 4.78 is 11.3. The highest BCUT2D eigenvalue weighted by atomic mass is 32.1. The Kier molecular flexibility index (Phi) is 4.59. The average molecular weight is 353 g/mol. The summed E-state index contributed by atoms with van der Waals surface area (Å²) in [5.41, 5.74) is 3.38. The lowest BCUT2D eigenvalue weighted by molar-refractivity contribution is 0.446. The third-order valence-electron chi connectivity index (χ3n) is 4.13. The van der Waals surface area contributed by atoms with Crippen LogP contribution >= 0.6 is 12.2 Å². The Labute approximate surface area is 151 Å². The number of rotatable bonds is 2. The van der Waals surface area contributed by atoms with Gasteiger partial charge >= 0.3 is 5.63 Å². The maximum Gasteiger partial charge on any atom is 0.339 e. The summed E-state index contributed by atoms with van der Waals surface area (Å²) in [5, 5.41) is 1.23. The van der Waals surface area contributed by atoms with Crippen LogP contribution in [0.2, 0.25) is 0 Å². The predicted octanol–water partition coefficient (Wildman–Crippen LogP) is 4.30. The molecule has 3 aromatic rings. The first-order valence-electron chi connectivity index (χ1n) is 7.91. The van der Waals surface area contributed by atoms with Crippen molar-refractivity contribution < 1.29 is 9.15 Å². The van der Waals surface area contributed by atoms with Crippen LogP contribution in [0.3, 0.4) is 0 Å². The molecule has 3 rings (SSSR count). The van der Waals surface area contributed by atoms with Crippen molar-refractivity contribution in [2.75, 3.05) is 14.1 Å². The van der Waals surface area contributed by atoms with E-state index in [0.29, 0.717) is 22.1 Å². The molecular formula is C20H19NO3S. The molecule has 0 amide bonds. The molecule has 0 N–H and O–H groups in total. The minimum absolute atomic E-state index is 0.346. The first-order valence-corrected chi connectivity index (χ1v) is 8.32. The Morgan fingerprint density at radius 3 is 2.36 bits per heavy atom. The highest BCUT2D eigenvalue weighted by molar-refractivity contribution is 7.80. The number of hydrogen-bond acceptors (Lipinski definition) is 4. The standard InChI is InChI=1S/C20H19NO3S/c1-12-16(23-20(25)21(3)4)11-10-15-17(14-8-6-5-7-9-14)13(2)19(22)24-18(12)15/h5-11H,1-4H3. The number of aryl methyl sites for hydroxylation is 1. The van der Waals surface area contributed by atoms with Gasteiger partial charge in [0.05, 0.1) is 0 Å². The topological polar surface area (TPSA) is 42.7 Å². The van der Waals surface area contributed by atoms with E-state index >= 15 is 0 Å². The minimum atomic E-state index is -0.346. The van der Waals surface area contributed by atoms with Gasteiger partial charge in [0, 0.05) is 36.2 Å².